The van der Waals surface area contributed by atoms with Crippen molar-refractivity contribution < 1.29 is 9.59 Å². The van der Waals surface area contributed by atoms with Crippen molar-refractivity contribution in [2.75, 3.05) is 50.7 Å². The lowest BCUT2D eigenvalue weighted by Gasteiger charge is -2.35. The zero-order valence-corrected chi connectivity index (χ0v) is 19.1. The Morgan fingerprint density at radius 1 is 0.774 bits per heavy atom. The summed E-state index contributed by atoms with van der Waals surface area (Å²) in [6.07, 6.45) is 11.4. The van der Waals surface area contributed by atoms with Crippen LogP contribution in [-0.4, -0.2) is 67.3 Å². The van der Waals surface area contributed by atoms with Crippen LogP contribution in [0.1, 0.15) is 74.6 Å². The summed E-state index contributed by atoms with van der Waals surface area (Å²) in [6.45, 7) is 7.85. The van der Waals surface area contributed by atoms with E-state index < -0.39 is 0 Å². The summed E-state index contributed by atoms with van der Waals surface area (Å²) >= 11 is 0. The molecule has 1 aliphatic carbocycles. The van der Waals surface area contributed by atoms with Gasteiger partial charge < -0.3 is 14.7 Å². The average molecular weight is 426 g/mol. The maximum Gasteiger partial charge on any atom is 0.227 e. The van der Waals surface area contributed by atoms with Crippen LogP contribution in [0.4, 0.5) is 5.69 Å². The number of Topliss-reactive ketones (excluding diaryl/α,β-unsaturated/α-hetero) is 1. The van der Waals surface area contributed by atoms with Gasteiger partial charge in [0, 0.05) is 51.1 Å². The largest absolute Gasteiger partial charge is 0.312 e. The standard InChI is InChI=1S/C26H39N3O2/c30-25-12-13-26(31)29(24-11-5-4-10-23(24)25)16-7-6-15-27-18-20-28(21-19-27)17-14-22-8-2-1-3-9-22/h4-5,10-11,22H,1-3,6-9,12-21H2. The van der Waals surface area contributed by atoms with Crippen molar-refractivity contribution in [1.82, 2.24) is 9.80 Å². The molecule has 2 heterocycles. The molecular formula is C26H39N3O2. The van der Waals surface area contributed by atoms with Crippen LogP contribution in [0.3, 0.4) is 0 Å². The van der Waals surface area contributed by atoms with Crippen LogP contribution in [0.5, 0.6) is 0 Å². The lowest BCUT2D eigenvalue weighted by atomic mass is 9.87. The van der Waals surface area contributed by atoms with Crippen molar-refractivity contribution >= 4 is 17.4 Å². The first-order valence-electron chi connectivity index (χ1n) is 12.6. The van der Waals surface area contributed by atoms with Crippen LogP contribution >= 0.6 is 0 Å². The van der Waals surface area contributed by atoms with Gasteiger partial charge in [-0.2, -0.15) is 0 Å². The highest BCUT2D eigenvalue weighted by molar-refractivity contribution is 6.10. The fourth-order valence-corrected chi connectivity index (χ4v) is 5.50. The maximum absolute atomic E-state index is 12.6. The van der Waals surface area contributed by atoms with E-state index in [2.05, 4.69) is 9.80 Å². The molecule has 0 aromatic heterocycles. The summed E-state index contributed by atoms with van der Waals surface area (Å²) in [6, 6.07) is 7.59. The molecule has 0 bridgehead atoms. The van der Waals surface area contributed by atoms with Crippen molar-refractivity contribution in [3.8, 4) is 0 Å². The van der Waals surface area contributed by atoms with E-state index in [-0.39, 0.29) is 11.7 Å². The summed E-state index contributed by atoms with van der Waals surface area (Å²) in [5.41, 5.74) is 1.51. The summed E-state index contributed by atoms with van der Waals surface area (Å²) in [5, 5.41) is 0. The predicted octanol–water partition coefficient (Wildman–Crippen LogP) is 4.36. The SMILES string of the molecule is O=C1CCC(=O)N(CCCCN2CCN(CCC3CCCCC3)CC2)c2ccccc21. The molecule has 3 aliphatic rings. The molecular weight excluding hydrogens is 386 g/mol. The molecule has 5 nitrogen and oxygen atoms in total. The van der Waals surface area contributed by atoms with Crippen molar-refractivity contribution in [3.63, 3.8) is 0 Å². The Morgan fingerprint density at radius 2 is 1.45 bits per heavy atom. The zero-order chi connectivity index (χ0) is 21.5. The Morgan fingerprint density at radius 3 is 2.23 bits per heavy atom. The first-order chi connectivity index (χ1) is 15.2. The van der Waals surface area contributed by atoms with Gasteiger partial charge in [-0.25, -0.2) is 0 Å². The Balaban J connectivity index is 1.16. The quantitative estimate of drug-likeness (QED) is 0.581. The number of amides is 1. The van der Waals surface area contributed by atoms with Crippen LogP contribution in [0.15, 0.2) is 24.3 Å². The highest BCUT2D eigenvalue weighted by Gasteiger charge is 2.26. The minimum Gasteiger partial charge on any atom is -0.312 e. The van der Waals surface area contributed by atoms with Gasteiger partial charge in [0.05, 0.1) is 5.69 Å². The molecule has 1 saturated carbocycles. The lowest BCUT2D eigenvalue weighted by molar-refractivity contribution is -0.118. The molecule has 0 spiro atoms. The van der Waals surface area contributed by atoms with Crippen LogP contribution in [0.25, 0.3) is 0 Å². The van der Waals surface area contributed by atoms with Gasteiger partial charge in [0.15, 0.2) is 5.78 Å². The highest BCUT2D eigenvalue weighted by Crippen LogP contribution is 2.28. The normalized spacial score (nSPS) is 21.9. The third kappa shape index (κ3) is 6.17. The molecule has 1 amide bonds. The van der Waals surface area contributed by atoms with Gasteiger partial charge in [-0.3, -0.25) is 9.59 Å². The molecule has 0 unspecified atom stereocenters. The van der Waals surface area contributed by atoms with Crippen molar-refractivity contribution in [2.45, 2.75) is 64.2 Å². The average Bonchev–Trinajstić information content (AvgIpc) is 2.93. The summed E-state index contributed by atoms with van der Waals surface area (Å²) in [7, 11) is 0. The monoisotopic (exact) mass is 425 g/mol. The molecule has 2 fully saturated rings. The highest BCUT2D eigenvalue weighted by atomic mass is 16.2. The minimum absolute atomic E-state index is 0.0879. The fraction of sp³-hybridized carbons (Fsp3) is 0.692. The number of nitrogens with zero attached hydrogens (tertiary/aromatic N) is 3. The molecule has 1 saturated heterocycles. The van der Waals surface area contributed by atoms with Crippen LogP contribution in [0.2, 0.25) is 0 Å². The number of hydrogen-bond donors (Lipinski definition) is 0. The van der Waals surface area contributed by atoms with E-state index in [4.69, 9.17) is 0 Å². The number of para-hydroxylation sites is 1. The number of carbonyl (C=O) groups excluding carboxylic acids is 2. The van der Waals surface area contributed by atoms with Gasteiger partial charge in [0.2, 0.25) is 5.91 Å². The Labute approximate surface area is 187 Å². The molecule has 170 valence electrons. The van der Waals surface area contributed by atoms with Crippen molar-refractivity contribution in [2.24, 2.45) is 5.92 Å². The van der Waals surface area contributed by atoms with Gasteiger partial charge in [-0.15, -0.1) is 0 Å². The summed E-state index contributed by atoms with van der Waals surface area (Å²) in [5.74, 6) is 1.16. The number of fused-ring (bicyclic) bond motifs is 1. The second-order valence-electron chi connectivity index (χ2n) is 9.67. The van der Waals surface area contributed by atoms with Crippen LogP contribution in [0, 0.1) is 5.92 Å². The molecule has 2 aliphatic heterocycles. The first kappa shape index (κ1) is 22.5. The smallest absolute Gasteiger partial charge is 0.227 e. The molecule has 0 atom stereocenters. The number of hydrogen-bond acceptors (Lipinski definition) is 4. The number of ketones is 1. The topological polar surface area (TPSA) is 43.9 Å². The number of carbonyl (C=O) groups is 2. The fourth-order valence-electron chi connectivity index (χ4n) is 5.50. The third-order valence-electron chi connectivity index (χ3n) is 7.51. The van der Waals surface area contributed by atoms with E-state index in [9.17, 15) is 9.59 Å². The number of unbranched alkanes of at least 4 members (excludes halogenated alkanes) is 1. The van der Waals surface area contributed by atoms with E-state index in [0.717, 1.165) is 31.0 Å². The number of anilines is 1. The van der Waals surface area contributed by atoms with Gasteiger partial charge in [-0.05, 0) is 50.4 Å². The van der Waals surface area contributed by atoms with Gasteiger partial charge in [0.25, 0.3) is 0 Å². The van der Waals surface area contributed by atoms with E-state index in [1.54, 1.807) is 0 Å². The van der Waals surface area contributed by atoms with Crippen molar-refractivity contribution in [3.05, 3.63) is 29.8 Å². The molecule has 0 radical (unpaired) electrons. The van der Waals surface area contributed by atoms with E-state index >= 15 is 0 Å². The summed E-state index contributed by atoms with van der Waals surface area (Å²) < 4.78 is 0. The van der Waals surface area contributed by atoms with Gasteiger partial charge in [-0.1, -0.05) is 44.2 Å². The van der Waals surface area contributed by atoms with E-state index in [0.29, 0.717) is 24.9 Å². The van der Waals surface area contributed by atoms with Crippen LogP contribution in [-0.2, 0) is 4.79 Å². The van der Waals surface area contributed by atoms with Crippen molar-refractivity contribution in [1.29, 1.82) is 0 Å². The lowest BCUT2D eigenvalue weighted by Crippen LogP contribution is -2.47. The Kier molecular flexibility index (Phi) is 8.15. The van der Waals surface area contributed by atoms with E-state index in [1.807, 2.05) is 29.2 Å². The second kappa shape index (κ2) is 11.2. The number of rotatable bonds is 8. The first-order valence-corrected chi connectivity index (χ1v) is 12.6. The summed E-state index contributed by atoms with van der Waals surface area (Å²) in [4.78, 5) is 32.0. The zero-order valence-electron chi connectivity index (χ0n) is 19.1. The number of piperazine rings is 1. The molecule has 31 heavy (non-hydrogen) atoms. The predicted molar refractivity (Wildman–Crippen MR) is 126 cm³/mol. The molecule has 5 heteroatoms. The molecule has 1 aromatic rings. The molecule has 4 rings (SSSR count). The molecule has 1 aromatic carbocycles. The van der Waals surface area contributed by atoms with Crippen LogP contribution < -0.4 is 4.90 Å². The third-order valence-corrected chi connectivity index (χ3v) is 7.51. The minimum atomic E-state index is 0.0879. The second-order valence-corrected chi connectivity index (χ2v) is 9.67. The Hall–Kier alpha value is -1.72. The van der Waals surface area contributed by atoms with Gasteiger partial charge in [0.1, 0.15) is 0 Å². The van der Waals surface area contributed by atoms with Gasteiger partial charge >= 0.3 is 0 Å². The van der Waals surface area contributed by atoms with E-state index in [1.165, 1.54) is 71.2 Å². The maximum atomic E-state index is 12.6. The Bertz CT molecular complexity index is 736. The number of benzene rings is 1. The molecule has 0 N–H and O–H groups in total.